The molecule has 1 atom stereocenters. The molecule has 1 aliphatic heterocycles. The molecule has 0 unspecified atom stereocenters. The predicted molar refractivity (Wildman–Crippen MR) is 98.2 cm³/mol. The van der Waals surface area contributed by atoms with Crippen LogP contribution in [0.15, 0.2) is 42.5 Å². The first-order valence-corrected chi connectivity index (χ1v) is 8.50. The second-order valence-electron chi connectivity index (χ2n) is 6.52. The minimum Gasteiger partial charge on any atom is -0.622 e. The van der Waals surface area contributed by atoms with E-state index in [1.54, 1.807) is 0 Å². The number of halogens is 1. The molecule has 23 heavy (non-hydrogen) atoms. The number of benzene rings is 2. The second kappa shape index (κ2) is 6.62. The Labute approximate surface area is 143 Å². The van der Waals surface area contributed by atoms with Gasteiger partial charge in [-0.2, -0.15) is 0 Å². The SMILES string of the molecule is CN(C)CCC[N@@+]1([O-])c2ccccc2CCc2ccc(Cl)cc21. The van der Waals surface area contributed by atoms with Crippen molar-refractivity contribution in [3.63, 3.8) is 0 Å². The third-order valence-corrected chi connectivity index (χ3v) is 4.79. The fourth-order valence-corrected chi connectivity index (χ4v) is 3.58. The molecule has 3 rings (SSSR count). The standard InChI is InChI=1S/C19H23ClN2O/c1-21(2)12-5-13-22(23)18-7-4-3-6-15(18)8-9-16-10-11-17(20)14-19(16)22/h3-4,6-7,10-11,14H,5,8-9,12-13H2,1-2H3/t22-/m1/s1. The van der Waals surface area contributed by atoms with Gasteiger partial charge in [-0.3, -0.25) is 4.65 Å². The Morgan fingerprint density at radius 3 is 2.48 bits per heavy atom. The highest BCUT2D eigenvalue weighted by molar-refractivity contribution is 6.30. The molecule has 122 valence electrons. The molecule has 0 spiro atoms. The van der Waals surface area contributed by atoms with Gasteiger partial charge in [-0.1, -0.05) is 35.9 Å². The summed E-state index contributed by atoms with van der Waals surface area (Å²) in [6, 6.07) is 13.8. The quantitative estimate of drug-likeness (QED) is 0.608. The lowest BCUT2D eigenvalue weighted by Gasteiger charge is -2.43. The topological polar surface area (TPSA) is 26.3 Å². The molecule has 0 bridgehead atoms. The summed E-state index contributed by atoms with van der Waals surface area (Å²) in [5, 5.41) is 14.6. The minimum atomic E-state index is -0.403. The maximum absolute atomic E-state index is 14.0. The Hall–Kier alpha value is -1.39. The van der Waals surface area contributed by atoms with Crippen molar-refractivity contribution in [1.29, 1.82) is 0 Å². The number of quaternary nitrogens is 1. The maximum Gasteiger partial charge on any atom is 0.142 e. The first-order chi connectivity index (χ1) is 11.0. The number of fused-ring (bicyclic) bond motifs is 2. The Morgan fingerprint density at radius 2 is 1.74 bits per heavy atom. The van der Waals surface area contributed by atoms with Crippen LogP contribution in [-0.2, 0) is 12.8 Å². The van der Waals surface area contributed by atoms with Crippen LogP contribution in [0.3, 0.4) is 0 Å². The molecule has 2 aromatic rings. The zero-order chi connectivity index (χ0) is 16.4. The lowest BCUT2D eigenvalue weighted by Crippen LogP contribution is -2.40. The molecule has 1 aliphatic rings. The molecular weight excluding hydrogens is 308 g/mol. The average molecular weight is 331 g/mol. The number of hydroxylamine groups is 1. The van der Waals surface area contributed by atoms with E-state index in [4.69, 9.17) is 11.6 Å². The highest BCUT2D eigenvalue weighted by atomic mass is 35.5. The number of aryl methyl sites for hydroxylation is 2. The molecule has 3 nitrogen and oxygen atoms in total. The fourth-order valence-electron chi connectivity index (χ4n) is 3.41. The van der Waals surface area contributed by atoms with E-state index >= 15 is 0 Å². The lowest BCUT2D eigenvalue weighted by atomic mass is 10.0. The molecular formula is C19H23ClN2O. The number of rotatable bonds is 4. The summed E-state index contributed by atoms with van der Waals surface area (Å²) in [5.41, 5.74) is 3.94. The van der Waals surface area contributed by atoms with Gasteiger partial charge in [-0.15, -0.1) is 0 Å². The van der Waals surface area contributed by atoms with E-state index in [-0.39, 0.29) is 0 Å². The smallest absolute Gasteiger partial charge is 0.142 e. The van der Waals surface area contributed by atoms with Crippen LogP contribution in [0.5, 0.6) is 0 Å². The van der Waals surface area contributed by atoms with Crippen LogP contribution in [0.25, 0.3) is 0 Å². The van der Waals surface area contributed by atoms with Gasteiger partial charge in [0.2, 0.25) is 0 Å². The molecule has 0 saturated carbocycles. The molecule has 0 amide bonds. The first kappa shape index (κ1) is 16.5. The summed E-state index contributed by atoms with van der Waals surface area (Å²) in [6.07, 6.45) is 2.64. The summed E-state index contributed by atoms with van der Waals surface area (Å²) < 4.78 is -0.403. The Morgan fingerprint density at radius 1 is 1.04 bits per heavy atom. The van der Waals surface area contributed by atoms with Crippen LogP contribution in [0.2, 0.25) is 5.02 Å². The van der Waals surface area contributed by atoms with Gasteiger partial charge in [0.1, 0.15) is 11.4 Å². The van der Waals surface area contributed by atoms with Gasteiger partial charge >= 0.3 is 0 Å². The minimum absolute atomic E-state index is 0.403. The number of hydrogen-bond donors (Lipinski definition) is 0. The normalized spacial score (nSPS) is 20.0. The van der Waals surface area contributed by atoms with Crippen LogP contribution in [0, 0.1) is 5.21 Å². The van der Waals surface area contributed by atoms with Gasteiger partial charge < -0.3 is 10.1 Å². The third kappa shape index (κ3) is 3.29. The second-order valence-corrected chi connectivity index (χ2v) is 6.96. The molecule has 1 heterocycles. The molecule has 0 aromatic heterocycles. The average Bonchev–Trinajstić information content (AvgIpc) is 2.64. The van der Waals surface area contributed by atoms with Gasteiger partial charge in [0.15, 0.2) is 0 Å². The monoisotopic (exact) mass is 330 g/mol. The van der Waals surface area contributed by atoms with E-state index in [2.05, 4.69) is 11.0 Å². The Bertz CT molecular complexity index is 702. The van der Waals surface area contributed by atoms with Crippen LogP contribution >= 0.6 is 11.6 Å². The molecule has 0 saturated heterocycles. The van der Waals surface area contributed by atoms with Gasteiger partial charge in [0.05, 0.1) is 6.54 Å². The van der Waals surface area contributed by atoms with Gasteiger partial charge in [0, 0.05) is 41.2 Å². The molecule has 0 radical (unpaired) electrons. The van der Waals surface area contributed by atoms with E-state index in [1.807, 2.05) is 50.5 Å². The van der Waals surface area contributed by atoms with Crippen LogP contribution < -0.4 is 4.65 Å². The van der Waals surface area contributed by atoms with Crippen molar-refractivity contribution in [2.75, 3.05) is 27.2 Å². The van der Waals surface area contributed by atoms with Gasteiger partial charge in [-0.05, 0) is 33.0 Å². The van der Waals surface area contributed by atoms with Crippen molar-refractivity contribution >= 4 is 23.0 Å². The van der Waals surface area contributed by atoms with Crippen molar-refractivity contribution in [3.8, 4) is 0 Å². The van der Waals surface area contributed by atoms with E-state index in [9.17, 15) is 5.21 Å². The Balaban J connectivity index is 2.09. The van der Waals surface area contributed by atoms with Crippen LogP contribution in [0.4, 0.5) is 11.4 Å². The third-order valence-electron chi connectivity index (χ3n) is 4.56. The summed E-state index contributed by atoms with van der Waals surface area (Å²) >= 11 is 6.21. The number of nitrogens with zero attached hydrogens (tertiary/aromatic N) is 2. The van der Waals surface area contributed by atoms with Gasteiger partial charge in [0.25, 0.3) is 0 Å². The van der Waals surface area contributed by atoms with Crippen LogP contribution in [0.1, 0.15) is 17.5 Å². The number of para-hydroxylation sites is 1. The summed E-state index contributed by atoms with van der Waals surface area (Å²) in [6.45, 7) is 1.43. The molecule has 0 aliphatic carbocycles. The predicted octanol–water partition coefficient (Wildman–Crippen LogP) is 4.53. The van der Waals surface area contributed by atoms with E-state index in [1.165, 1.54) is 0 Å². The summed E-state index contributed by atoms with van der Waals surface area (Å²) in [7, 11) is 4.08. The van der Waals surface area contributed by atoms with Crippen LogP contribution in [-0.4, -0.2) is 32.1 Å². The zero-order valence-electron chi connectivity index (χ0n) is 13.8. The Kier molecular flexibility index (Phi) is 4.74. The van der Waals surface area contributed by atoms with Crippen molar-refractivity contribution in [2.45, 2.75) is 19.3 Å². The summed E-state index contributed by atoms with van der Waals surface area (Å²) in [4.78, 5) is 2.12. The lowest BCUT2D eigenvalue weighted by molar-refractivity contribution is 0.371. The molecule has 2 aromatic carbocycles. The fraction of sp³-hybridized carbons (Fsp3) is 0.368. The highest BCUT2D eigenvalue weighted by Crippen LogP contribution is 2.43. The molecule has 0 fully saturated rings. The van der Waals surface area contributed by atoms with Crippen molar-refractivity contribution < 1.29 is 0 Å². The van der Waals surface area contributed by atoms with Crippen molar-refractivity contribution in [2.24, 2.45) is 0 Å². The molecule has 4 heteroatoms. The van der Waals surface area contributed by atoms with Crippen molar-refractivity contribution in [3.05, 3.63) is 63.8 Å². The number of hydrogen-bond acceptors (Lipinski definition) is 2. The summed E-state index contributed by atoms with van der Waals surface area (Å²) in [5.74, 6) is 0. The van der Waals surface area contributed by atoms with E-state index in [0.29, 0.717) is 11.6 Å². The van der Waals surface area contributed by atoms with Gasteiger partial charge in [-0.25, -0.2) is 0 Å². The maximum atomic E-state index is 14.0. The highest BCUT2D eigenvalue weighted by Gasteiger charge is 2.31. The molecule has 0 N–H and O–H groups in total. The zero-order valence-corrected chi connectivity index (χ0v) is 14.5. The van der Waals surface area contributed by atoms with E-state index in [0.717, 1.165) is 48.3 Å². The van der Waals surface area contributed by atoms with E-state index < -0.39 is 4.65 Å². The first-order valence-electron chi connectivity index (χ1n) is 8.12. The van der Waals surface area contributed by atoms with Crippen molar-refractivity contribution in [1.82, 2.24) is 9.55 Å². The largest absolute Gasteiger partial charge is 0.622 e.